The Morgan fingerprint density at radius 1 is 1.02 bits per heavy atom. The summed E-state index contributed by atoms with van der Waals surface area (Å²) in [5.41, 5.74) is 5.89. The van der Waals surface area contributed by atoms with Gasteiger partial charge in [-0.15, -0.1) is 0 Å². The van der Waals surface area contributed by atoms with E-state index in [1.807, 2.05) is 42.5 Å². The molecule has 0 spiro atoms. The summed E-state index contributed by atoms with van der Waals surface area (Å²) in [4.78, 5) is 8.58. The number of H-pyrrole nitrogens is 1. The monoisotopic (exact) mass is 677 g/mol. The lowest BCUT2D eigenvalue weighted by atomic mass is 9.93. The first-order valence-corrected chi connectivity index (χ1v) is 16.2. The second-order valence-electron chi connectivity index (χ2n) is 11.4. The molecule has 3 aromatic carbocycles. The largest absolute Gasteiger partial charge is 0.494 e. The number of benzene rings is 3. The van der Waals surface area contributed by atoms with Gasteiger partial charge in [-0.05, 0) is 91.4 Å². The predicted molar refractivity (Wildman–Crippen MR) is 178 cm³/mol. The number of fused-ring (bicyclic) bond motifs is 4. The molecule has 1 saturated heterocycles. The fourth-order valence-corrected chi connectivity index (χ4v) is 7.27. The molecule has 1 atom stereocenters. The first-order valence-electron chi connectivity index (χ1n) is 14.6. The average Bonchev–Trinajstić information content (AvgIpc) is 3.49. The van der Waals surface area contributed by atoms with E-state index in [0.717, 1.165) is 88.5 Å². The van der Waals surface area contributed by atoms with E-state index in [9.17, 15) is 5.11 Å². The van der Waals surface area contributed by atoms with Crippen LogP contribution >= 0.6 is 39.7 Å². The zero-order chi connectivity index (χ0) is 29.7. The SMILES string of the molecule is CN1CCN(CCCOc2ccc(C3c4[nH]c5ccc(Br)cc5c4Cc4c(O)n(-c5ccc(Cl)cc5)c(=S)n43)cc2)CC1. The van der Waals surface area contributed by atoms with Crippen molar-refractivity contribution in [2.24, 2.45) is 0 Å². The minimum atomic E-state index is -0.247. The van der Waals surface area contributed by atoms with E-state index in [2.05, 4.69) is 66.6 Å². The second kappa shape index (κ2) is 11.8. The molecule has 43 heavy (non-hydrogen) atoms. The normalized spacial score (nSPS) is 17.2. The van der Waals surface area contributed by atoms with Gasteiger partial charge in [0.05, 0.1) is 18.0 Å². The number of hydrogen-bond acceptors (Lipinski definition) is 5. The summed E-state index contributed by atoms with van der Waals surface area (Å²) in [6, 6.07) is 21.7. The van der Waals surface area contributed by atoms with E-state index in [1.54, 1.807) is 4.57 Å². The molecule has 0 saturated carbocycles. The van der Waals surface area contributed by atoms with Crippen LogP contribution in [0.1, 0.15) is 35.0 Å². The standard InChI is InChI=1S/C33H33BrClN5O2S/c1-37-14-16-38(17-15-37)13-2-18-42-25-10-3-21(4-11-25)31-30-27(26-19-22(34)5-12-28(26)36-30)20-29-32(41)39(33(43)40(29)31)24-8-6-23(35)7-9-24/h3-12,19,31,36,41H,2,13-18,20H2,1H3. The number of imidazole rings is 1. The van der Waals surface area contributed by atoms with Gasteiger partial charge in [-0.2, -0.15) is 0 Å². The lowest BCUT2D eigenvalue weighted by molar-refractivity contribution is 0.145. The summed E-state index contributed by atoms with van der Waals surface area (Å²) in [5, 5.41) is 13.4. The van der Waals surface area contributed by atoms with Gasteiger partial charge in [0.25, 0.3) is 0 Å². The Morgan fingerprint density at radius 2 is 1.77 bits per heavy atom. The lowest BCUT2D eigenvalue weighted by Gasteiger charge is -2.32. The fraction of sp³-hybridized carbons (Fsp3) is 0.303. The Bertz CT molecular complexity index is 1840. The number of nitrogens with one attached hydrogen (secondary N) is 1. The fourth-order valence-electron chi connectivity index (χ4n) is 6.38. The number of aromatic nitrogens is 3. The molecule has 1 unspecified atom stereocenters. The molecule has 222 valence electrons. The Morgan fingerprint density at radius 3 is 2.51 bits per heavy atom. The van der Waals surface area contributed by atoms with Crippen molar-refractivity contribution < 1.29 is 9.84 Å². The molecule has 2 N–H and O–H groups in total. The number of hydrogen-bond donors (Lipinski definition) is 2. The molecule has 0 radical (unpaired) electrons. The summed E-state index contributed by atoms with van der Waals surface area (Å²) < 4.78 is 11.5. The molecule has 0 amide bonds. The molecule has 4 heterocycles. The lowest BCUT2D eigenvalue weighted by Crippen LogP contribution is -2.44. The molecule has 5 aromatic rings. The highest BCUT2D eigenvalue weighted by atomic mass is 79.9. The highest BCUT2D eigenvalue weighted by Crippen LogP contribution is 2.44. The smallest absolute Gasteiger partial charge is 0.218 e. The number of nitrogens with zero attached hydrogens (tertiary/aromatic N) is 4. The highest BCUT2D eigenvalue weighted by Gasteiger charge is 2.34. The maximum absolute atomic E-state index is 11.6. The molecule has 10 heteroatoms. The van der Waals surface area contributed by atoms with Gasteiger partial charge in [-0.25, -0.2) is 0 Å². The first-order chi connectivity index (χ1) is 20.9. The van der Waals surface area contributed by atoms with Gasteiger partial charge < -0.3 is 29.2 Å². The zero-order valence-corrected chi connectivity index (χ0v) is 27.1. The van der Waals surface area contributed by atoms with Crippen LogP contribution in [0.3, 0.4) is 0 Å². The Hall–Kier alpha value is -3.08. The molecular formula is C33H33BrClN5O2S. The molecule has 7 nitrogen and oxygen atoms in total. The van der Waals surface area contributed by atoms with Crippen molar-refractivity contribution in [1.29, 1.82) is 0 Å². The Balaban J connectivity index is 1.21. The molecule has 2 aliphatic rings. The third-order valence-corrected chi connectivity index (χ3v) is 9.82. The summed E-state index contributed by atoms with van der Waals surface area (Å²) >= 11 is 15.9. The zero-order valence-electron chi connectivity index (χ0n) is 23.9. The minimum absolute atomic E-state index is 0.146. The number of likely N-dealkylation sites (N-methyl/N-ethyl adjacent to an activating group) is 1. The summed E-state index contributed by atoms with van der Waals surface area (Å²) in [7, 11) is 2.18. The van der Waals surface area contributed by atoms with Gasteiger partial charge in [0.15, 0.2) is 4.77 Å². The van der Waals surface area contributed by atoms with Crippen molar-refractivity contribution in [2.45, 2.75) is 18.9 Å². The molecular weight excluding hydrogens is 646 g/mol. The van der Waals surface area contributed by atoms with Crippen molar-refractivity contribution in [1.82, 2.24) is 23.9 Å². The number of aromatic hydroxyl groups is 1. The molecule has 2 aliphatic heterocycles. The van der Waals surface area contributed by atoms with Crippen LogP contribution in [-0.2, 0) is 6.42 Å². The maximum atomic E-state index is 11.6. The first kappa shape index (κ1) is 28.7. The number of aromatic amines is 1. The van der Waals surface area contributed by atoms with Crippen LogP contribution in [0.5, 0.6) is 11.6 Å². The average molecular weight is 679 g/mol. The number of rotatable bonds is 7. The topological polar surface area (TPSA) is 61.6 Å². The van der Waals surface area contributed by atoms with Crippen molar-refractivity contribution >= 4 is 50.7 Å². The van der Waals surface area contributed by atoms with Crippen LogP contribution in [0, 0.1) is 4.77 Å². The molecule has 1 fully saturated rings. The van der Waals surface area contributed by atoms with Gasteiger partial charge in [0, 0.05) is 65.2 Å². The van der Waals surface area contributed by atoms with Crippen LogP contribution in [0.2, 0.25) is 5.02 Å². The van der Waals surface area contributed by atoms with E-state index >= 15 is 0 Å². The van der Waals surface area contributed by atoms with Crippen molar-refractivity contribution in [3.8, 4) is 17.3 Å². The maximum Gasteiger partial charge on any atom is 0.218 e. The molecule has 0 aliphatic carbocycles. The third-order valence-electron chi connectivity index (χ3n) is 8.70. The second-order valence-corrected chi connectivity index (χ2v) is 13.2. The summed E-state index contributed by atoms with van der Waals surface area (Å²) in [6.07, 6.45) is 1.55. The predicted octanol–water partition coefficient (Wildman–Crippen LogP) is 7.17. The van der Waals surface area contributed by atoms with Crippen molar-refractivity contribution in [3.05, 3.63) is 104 Å². The molecule has 2 aromatic heterocycles. The Labute approximate surface area is 269 Å². The summed E-state index contributed by atoms with van der Waals surface area (Å²) in [5.74, 6) is 0.997. The minimum Gasteiger partial charge on any atom is -0.494 e. The van der Waals surface area contributed by atoms with E-state index in [1.165, 1.54) is 0 Å². The number of piperazine rings is 1. The number of halogens is 2. The Kier molecular flexibility index (Phi) is 7.86. The van der Waals surface area contributed by atoms with Gasteiger partial charge in [0.2, 0.25) is 5.88 Å². The van der Waals surface area contributed by atoms with Crippen LogP contribution in [-0.4, -0.2) is 75.4 Å². The van der Waals surface area contributed by atoms with E-state index in [4.69, 9.17) is 28.6 Å². The van der Waals surface area contributed by atoms with Crippen LogP contribution in [0.15, 0.2) is 71.2 Å². The van der Waals surface area contributed by atoms with Gasteiger partial charge in [-0.1, -0.05) is 39.7 Å². The third kappa shape index (κ3) is 5.42. The van der Waals surface area contributed by atoms with Gasteiger partial charge in [0.1, 0.15) is 11.8 Å². The van der Waals surface area contributed by atoms with Crippen molar-refractivity contribution in [3.63, 3.8) is 0 Å². The van der Waals surface area contributed by atoms with Crippen LogP contribution in [0.25, 0.3) is 16.6 Å². The van der Waals surface area contributed by atoms with E-state index in [0.29, 0.717) is 22.8 Å². The van der Waals surface area contributed by atoms with Crippen LogP contribution < -0.4 is 4.74 Å². The highest BCUT2D eigenvalue weighted by molar-refractivity contribution is 9.10. The van der Waals surface area contributed by atoms with Crippen molar-refractivity contribution in [2.75, 3.05) is 46.4 Å². The van der Waals surface area contributed by atoms with E-state index in [-0.39, 0.29) is 11.9 Å². The van der Waals surface area contributed by atoms with Crippen LogP contribution in [0.4, 0.5) is 0 Å². The summed E-state index contributed by atoms with van der Waals surface area (Å²) in [6.45, 7) is 6.25. The van der Waals surface area contributed by atoms with Gasteiger partial charge in [-0.3, -0.25) is 4.57 Å². The van der Waals surface area contributed by atoms with E-state index < -0.39 is 0 Å². The number of ether oxygens (including phenoxy) is 1. The molecule has 7 rings (SSSR count). The van der Waals surface area contributed by atoms with Gasteiger partial charge >= 0.3 is 0 Å². The quantitative estimate of drug-likeness (QED) is 0.139. The molecule has 0 bridgehead atoms.